The fraction of sp³-hybridized carbons (Fsp3) is 0.600. The second-order valence-electron chi connectivity index (χ2n) is 3.68. The second kappa shape index (κ2) is 5.77. The van der Waals surface area contributed by atoms with E-state index >= 15 is 0 Å². The Morgan fingerprint density at radius 3 is 2.81 bits per heavy atom. The number of hydrogen-bond acceptors (Lipinski definition) is 4. The number of sulfonamides is 1. The quantitative estimate of drug-likeness (QED) is 0.821. The number of hydrogen-bond donors (Lipinski definition) is 2. The molecule has 0 radical (unpaired) electrons. The summed E-state index contributed by atoms with van der Waals surface area (Å²) in [6.45, 7) is 3.61. The van der Waals surface area contributed by atoms with Crippen molar-refractivity contribution in [2.45, 2.75) is 44.2 Å². The highest BCUT2D eigenvalue weighted by atomic mass is 32.2. The molecule has 0 aliphatic rings. The fourth-order valence-electron chi connectivity index (χ4n) is 1.50. The number of aliphatic hydroxyl groups is 1. The molecule has 0 amide bonds. The maximum Gasteiger partial charge on any atom is 0.242 e. The van der Waals surface area contributed by atoms with E-state index in [1.807, 2.05) is 13.8 Å². The third-order valence-corrected chi connectivity index (χ3v) is 4.92. The van der Waals surface area contributed by atoms with Gasteiger partial charge in [-0.1, -0.05) is 13.3 Å². The third-order valence-electron chi connectivity index (χ3n) is 2.22. The summed E-state index contributed by atoms with van der Waals surface area (Å²) in [4.78, 5) is 0.680. The Kier molecular flexibility index (Phi) is 4.91. The van der Waals surface area contributed by atoms with Gasteiger partial charge in [0.05, 0.1) is 11.5 Å². The zero-order valence-electron chi connectivity index (χ0n) is 9.43. The zero-order chi connectivity index (χ0) is 12.2. The molecule has 1 aromatic rings. The summed E-state index contributed by atoms with van der Waals surface area (Å²) in [5.74, 6) is 0. The van der Waals surface area contributed by atoms with Crippen LogP contribution in [0.1, 0.15) is 31.6 Å². The van der Waals surface area contributed by atoms with Gasteiger partial charge in [-0.15, -0.1) is 11.3 Å². The first-order chi connectivity index (χ1) is 7.51. The van der Waals surface area contributed by atoms with Gasteiger partial charge in [-0.3, -0.25) is 0 Å². The van der Waals surface area contributed by atoms with Crippen LogP contribution in [0.3, 0.4) is 0 Å². The Bertz CT molecular complexity index is 425. The summed E-state index contributed by atoms with van der Waals surface area (Å²) in [5, 5.41) is 10.7. The van der Waals surface area contributed by atoms with Crippen molar-refractivity contribution in [3.05, 3.63) is 16.3 Å². The van der Waals surface area contributed by atoms with E-state index in [1.54, 1.807) is 5.38 Å². The second-order valence-corrected chi connectivity index (χ2v) is 6.36. The SMILES string of the molecule is CCCC(C)NS(=O)(=O)c1ccsc1CO. The average Bonchev–Trinajstić information content (AvgIpc) is 2.65. The molecular formula is C10H17NO3S2. The van der Waals surface area contributed by atoms with Gasteiger partial charge in [0.15, 0.2) is 0 Å². The molecule has 0 bridgehead atoms. The van der Waals surface area contributed by atoms with Gasteiger partial charge >= 0.3 is 0 Å². The summed E-state index contributed by atoms with van der Waals surface area (Å²) >= 11 is 1.25. The molecule has 0 saturated carbocycles. The average molecular weight is 263 g/mol. The Morgan fingerprint density at radius 2 is 2.25 bits per heavy atom. The van der Waals surface area contributed by atoms with Crippen LogP contribution in [-0.2, 0) is 16.6 Å². The first-order valence-electron chi connectivity index (χ1n) is 5.20. The lowest BCUT2D eigenvalue weighted by atomic mass is 10.2. The van der Waals surface area contributed by atoms with E-state index < -0.39 is 10.0 Å². The molecule has 0 aliphatic carbocycles. The zero-order valence-corrected chi connectivity index (χ0v) is 11.1. The van der Waals surface area contributed by atoms with Crippen molar-refractivity contribution in [3.63, 3.8) is 0 Å². The van der Waals surface area contributed by atoms with Crippen LogP contribution in [0.25, 0.3) is 0 Å². The van der Waals surface area contributed by atoms with Gasteiger partial charge in [-0.2, -0.15) is 0 Å². The molecular weight excluding hydrogens is 246 g/mol. The first kappa shape index (κ1) is 13.6. The predicted molar refractivity (Wildman–Crippen MR) is 64.9 cm³/mol. The van der Waals surface area contributed by atoms with Crippen LogP contribution in [0, 0.1) is 0 Å². The standard InChI is InChI=1S/C10H17NO3S2/c1-3-4-8(2)11-16(13,14)10-5-6-15-9(10)7-12/h5-6,8,11-12H,3-4,7H2,1-2H3. The Hall–Kier alpha value is -0.430. The van der Waals surface area contributed by atoms with E-state index in [-0.39, 0.29) is 17.5 Å². The predicted octanol–water partition coefficient (Wildman–Crippen LogP) is 1.71. The maximum absolute atomic E-state index is 11.9. The smallest absolute Gasteiger partial charge is 0.242 e. The highest BCUT2D eigenvalue weighted by molar-refractivity contribution is 7.89. The van der Waals surface area contributed by atoms with Gasteiger partial charge in [-0.25, -0.2) is 13.1 Å². The van der Waals surface area contributed by atoms with Crippen LogP contribution < -0.4 is 4.72 Å². The minimum absolute atomic E-state index is 0.0820. The van der Waals surface area contributed by atoms with Crippen molar-refractivity contribution < 1.29 is 13.5 Å². The van der Waals surface area contributed by atoms with Crippen LogP contribution in [-0.4, -0.2) is 19.6 Å². The van der Waals surface area contributed by atoms with Gasteiger partial charge in [0.1, 0.15) is 0 Å². The Balaban J connectivity index is 2.86. The topological polar surface area (TPSA) is 66.4 Å². The summed E-state index contributed by atoms with van der Waals surface area (Å²) in [6.07, 6.45) is 1.73. The molecule has 1 rings (SSSR count). The van der Waals surface area contributed by atoms with E-state index in [2.05, 4.69) is 4.72 Å². The Morgan fingerprint density at radius 1 is 1.56 bits per heavy atom. The molecule has 6 heteroatoms. The van der Waals surface area contributed by atoms with Crippen LogP contribution in [0.2, 0.25) is 0 Å². The van der Waals surface area contributed by atoms with Crippen LogP contribution in [0.15, 0.2) is 16.3 Å². The number of nitrogens with one attached hydrogen (secondary N) is 1. The maximum atomic E-state index is 11.9. The molecule has 0 aromatic carbocycles. The Labute approximate surface area is 100 Å². The number of rotatable bonds is 6. The van der Waals surface area contributed by atoms with E-state index in [0.717, 1.165) is 12.8 Å². The fourth-order valence-corrected chi connectivity index (χ4v) is 4.08. The summed E-state index contributed by atoms with van der Waals surface area (Å²) in [6, 6.07) is 1.44. The minimum Gasteiger partial charge on any atom is -0.391 e. The van der Waals surface area contributed by atoms with E-state index in [4.69, 9.17) is 5.11 Å². The summed E-state index contributed by atoms with van der Waals surface area (Å²) < 4.78 is 26.5. The van der Waals surface area contributed by atoms with Crippen molar-refractivity contribution in [2.75, 3.05) is 0 Å². The molecule has 0 fully saturated rings. The van der Waals surface area contributed by atoms with E-state index in [1.165, 1.54) is 17.4 Å². The molecule has 0 aliphatic heterocycles. The molecule has 1 unspecified atom stereocenters. The molecule has 0 saturated heterocycles. The van der Waals surface area contributed by atoms with E-state index in [9.17, 15) is 8.42 Å². The number of aliphatic hydroxyl groups excluding tert-OH is 1. The molecule has 1 heterocycles. The largest absolute Gasteiger partial charge is 0.391 e. The van der Waals surface area contributed by atoms with Crippen molar-refractivity contribution in [3.8, 4) is 0 Å². The molecule has 0 spiro atoms. The van der Waals surface area contributed by atoms with Crippen molar-refractivity contribution in [1.82, 2.24) is 4.72 Å². The summed E-state index contributed by atoms with van der Waals surface area (Å²) in [5.41, 5.74) is 0. The van der Waals surface area contributed by atoms with Crippen LogP contribution in [0.5, 0.6) is 0 Å². The van der Waals surface area contributed by atoms with Crippen molar-refractivity contribution >= 4 is 21.4 Å². The highest BCUT2D eigenvalue weighted by Gasteiger charge is 2.21. The van der Waals surface area contributed by atoms with Gasteiger partial charge in [0.2, 0.25) is 10.0 Å². The number of thiophene rings is 1. The van der Waals surface area contributed by atoms with Gasteiger partial charge < -0.3 is 5.11 Å². The lowest BCUT2D eigenvalue weighted by molar-refractivity contribution is 0.282. The van der Waals surface area contributed by atoms with Crippen LogP contribution >= 0.6 is 11.3 Å². The molecule has 16 heavy (non-hydrogen) atoms. The highest BCUT2D eigenvalue weighted by Crippen LogP contribution is 2.22. The lowest BCUT2D eigenvalue weighted by Gasteiger charge is -2.13. The van der Waals surface area contributed by atoms with Gasteiger partial charge in [-0.05, 0) is 24.8 Å². The van der Waals surface area contributed by atoms with Crippen molar-refractivity contribution in [2.24, 2.45) is 0 Å². The first-order valence-corrected chi connectivity index (χ1v) is 7.57. The third kappa shape index (κ3) is 3.28. The van der Waals surface area contributed by atoms with E-state index in [0.29, 0.717) is 4.88 Å². The molecule has 92 valence electrons. The van der Waals surface area contributed by atoms with Gasteiger partial charge in [0.25, 0.3) is 0 Å². The molecule has 1 atom stereocenters. The molecule has 1 aromatic heterocycles. The minimum atomic E-state index is -3.48. The molecule has 4 nitrogen and oxygen atoms in total. The molecule has 2 N–H and O–H groups in total. The lowest BCUT2D eigenvalue weighted by Crippen LogP contribution is -2.32. The van der Waals surface area contributed by atoms with Gasteiger partial charge in [0, 0.05) is 10.9 Å². The normalized spacial score (nSPS) is 13.9. The van der Waals surface area contributed by atoms with Crippen LogP contribution in [0.4, 0.5) is 0 Å². The van der Waals surface area contributed by atoms with Crippen molar-refractivity contribution in [1.29, 1.82) is 0 Å². The monoisotopic (exact) mass is 263 g/mol. The summed E-state index contributed by atoms with van der Waals surface area (Å²) in [7, 11) is -3.48.